The molecule has 0 unspecified atom stereocenters. The molecule has 2 N–H and O–H groups in total. The van der Waals surface area contributed by atoms with E-state index in [1.807, 2.05) is 19.0 Å². The second-order valence-corrected chi connectivity index (χ2v) is 8.40. The highest BCUT2D eigenvalue weighted by Crippen LogP contribution is 2.41. The fourth-order valence-corrected chi connectivity index (χ4v) is 4.08. The number of aliphatic hydroxyl groups is 1. The Labute approximate surface area is 191 Å². The Hall–Kier alpha value is -3.10. The summed E-state index contributed by atoms with van der Waals surface area (Å²) in [5.74, 6) is -2.39. The van der Waals surface area contributed by atoms with Gasteiger partial charge in [0.05, 0.1) is 18.7 Å². The van der Waals surface area contributed by atoms with E-state index in [0.29, 0.717) is 40.5 Å². The first-order valence-electron chi connectivity index (χ1n) is 10.0. The maximum Gasteiger partial charge on any atom is 0.354 e. The van der Waals surface area contributed by atoms with Crippen molar-refractivity contribution in [3.63, 3.8) is 0 Å². The number of aromatic nitrogens is 1. The summed E-state index contributed by atoms with van der Waals surface area (Å²) in [5.41, 5.74) is 2.01. The normalized spacial score (nSPS) is 18.0. The maximum absolute atomic E-state index is 13.1. The number of hydrogen-bond donors (Lipinski definition) is 2. The fourth-order valence-electron chi connectivity index (χ4n) is 3.96. The molecule has 9 heteroatoms. The number of nitrogens with zero attached hydrogens (tertiary/aromatic N) is 2. The summed E-state index contributed by atoms with van der Waals surface area (Å²) in [6, 6.07) is 6.01. The molecule has 2 heterocycles. The van der Waals surface area contributed by atoms with Crippen LogP contribution in [0, 0.1) is 13.8 Å². The van der Waals surface area contributed by atoms with Gasteiger partial charge in [-0.15, -0.1) is 0 Å². The first kappa shape index (κ1) is 23.6. The third-order valence-electron chi connectivity index (χ3n) is 5.58. The summed E-state index contributed by atoms with van der Waals surface area (Å²) >= 11 is 6.03. The van der Waals surface area contributed by atoms with Crippen molar-refractivity contribution in [2.24, 2.45) is 0 Å². The van der Waals surface area contributed by atoms with E-state index in [1.54, 1.807) is 38.1 Å². The lowest BCUT2D eigenvalue weighted by molar-refractivity contribution is -0.140. The predicted octanol–water partition coefficient (Wildman–Crippen LogP) is 3.05. The number of methoxy groups -OCH3 is 1. The molecular weight excluding hydrogens is 434 g/mol. The van der Waals surface area contributed by atoms with Crippen LogP contribution in [0.1, 0.15) is 38.9 Å². The van der Waals surface area contributed by atoms with Crippen LogP contribution < -0.4 is 0 Å². The number of Topliss-reactive ketones (excluding diaryl/α,β-unsaturated/α-hetero) is 1. The highest BCUT2D eigenvalue weighted by atomic mass is 35.5. The van der Waals surface area contributed by atoms with Gasteiger partial charge in [0, 0.05) is 29.4 Å². The van der Waals surface area contributed by atoms with Gasteiger partial charge >= 0.3 is 5.97 Å². The lowest BCUT2D eigenvalue weighted by Gasteiger charge is -2.26. The topological polar surface area (TPSA) is 103 Å². The Morgan fingerprint density at radius 3 is 2.41 bits per heavy atom. The molecule has 0 aliphatic carbocycles. The minimum absolute atomic E-state index is 0.0299. The van der Waals surface area contributed by atoms with Crippen molar-refractivity contribution in [2.45, 2.75) is 19.9 Å². The van der Waals surface area contributed by atoms with E-state index in [1.165, 1.54) is 12.0 Å². The van der Waals surface area contributed by atoms with Crippen molar-refractivity contribution in [3.8, 4) is 0 Å². The number of aliphatic hydroxyl groups excluding tert-OH is 1. The molecule has 0 bridgehead atoms. The third-order valence-corrected chi connectivity index (χ3v) is 5.83. The van der Waals surface area contributed by atoms with Crippen molar-refractivity contribution >= 4 is 35.0 Å². The van der Waals surface area contributed by atoms with Crippen LogP contribution in [-0.4, -0.2) is 71.8 Å². The summed E-state index contributed by atoms with van der Waals surface area (Å²) in [6.07, 6.45) is 0. The highest BCUT2D eigenvalue weighted by molar-refractivity contribution is 6.46. The average Bonchev–Trinajstić information content (AvgIpc) is 3.18. The monoisotopic (exact) mass is 459 g/mol. The Bertz CT molecular complexity index is 1100. The number of hydrogen-bond acceptors (Lipinski definition) is 6. The third kappa shape index (κ3) is 4.16. The van der Waals surface area contributed by atoms with Crippen LogP contribution in [0.2, 0.25) is 5.02 Å². The summed E-state index contributed by atoms with van der Waals surface area (Å²) in [5, 5.41) is 11.8. The summed E-state index contributed by atoms with van der Waals surface area (Å²) in [4.78, 5) is 44.4. The zero-order chi connectivity index (χ0) is 23.7. The van der Waals surface area contributed by atoms with Crippen LogP contribution in [0.5, 0.6) is 0 Å². The van der Waals surface area contributed by atoms with E-state index in [2.05, 4.69) is 4.98 Å². The Kier molecular flexibility index (Phi) is 6.76. The van der Waals surface area contributed by atoms with Crippen LogP contribution in [0.25, 0.3) is 5.76 Å². The van der Waals surface area contributed by atoms with E-state index < -0.39 is 23.7 Å². The lowest BCUT2D eigenvalue weighted by atomic mass is 9.94. The van der Waals surface area contributed by atoms with Gasteiger partial charge in [0.2, 0.25) is 0 Å². The number of halogens is 1. The molecule has 0 spiro atoms. The molecule has 3 rings (SSSR count). The van der Waals surface area contributed by atoms with Crippen molar-refractivity contribution in [1.82, 2.24) is 14.8 Å². The molecular formula is C23H26ClN3O5. The van der Waals surface area contributed by atoms with Crippen LogP contribution in [-0.2, 0) is 14.3 Å². The molecule has 1 fully saturated rings. The van der Waals surface area contributed by atoms with Gasteiger partial charge in [0.1, 0.15) is 11.5 Å². The largest absolute Gasteiger partial charge is 0.507 e. The van der Waals surface area contributed by atoms with E-state index in [4.69, 9.17) is 16.3 Å². The molecule has 1 atom stereocenters. The molecule has 8 nitrogen and oxygen atoms in total. The minimum Gasteiger partial charge on any atom is -0.507 e. The fraction of sp³-hybridized carbons (Fsp3) is 0.348. The van der Waals surface area contributed by atoms with Gasteiger partial charge < -0.3 is 24.6 Å². The molecule has 1 aromatic carbocycles. The number of likely N-dealkylation sites (tertiary alicyclic amines) is 1. The smallest absolute Gasteiger partial charge is 0.354 e. The number of nitrogens with one attached hydrogen (secondary N) is 1. The average molecular weight is 460 g/mol. The molecule has 170 valence electrons. The number of ether oxygens (including phenoxy) is 1. The van der Waals surface area contributed by atoms with Gasteiger partial charge in [-0.3, -0.25) is 9.59 Å². The Morgan fingerprint density at radius 1 is 1.22 bits per heavy atom. The van der Waals surface area contributed by atoms with E-state index in [-0.39, 0.29) is 17.0 Å². The molecule has 1 aromatic heterocycles. The van der Waals surface area contributed by atoms with Crippen molar-refractivity contribution in [3.05, 3.63) is 62.9 Å². The van der Waals surface area contributed by atoms with Crippen molar-refractivity contribution < 1.29 is 24.2 Å². The number of carbonyl (C=O) groups is 3. The van der Waals surface area contributed by atoms with E-state index >= 15 is 0 Å². The van der Waals surface area contributed by atoms with Gasteiger partial charge in [-0.25, -0.2) is 4.79 Å². The van der Waals surface area contributed by atoms with Crippen LogP contribution in [0.15, 0.2) is 29.8 Å². The number of aromatic amines is 1. The molecule has 1 aliphatic heterocycles. The number of esters is 1. The number of ketones is 1. The number of aryl methyl sites for hydroxylation is 1. The molecule has 32 heavy (non-hydrogen) atoms. The van der Waals surface area contributed by atoms with Crippen molar-refractivity contribution in [1.29, 1.82) is 0 Å². The van der Waals surface area contributed by atoms with Gasteiger partial charge in [0.25, 0.3) is 11.7 Å². The maximum atomic E-state index is 13.1. The molecule has 1 amide bonds. The number of amides is 1. The first-order valence-corrected chi connectivity index (χ1v) is 10.4. The molecule has 1 aliphatic rings. The SMILES string of the molecule is COC(=O)c1[nH]c(C)c(/C(O)=C2\C(=O)C(=O)N(CCN(C)C)[C@H]2c2ccc(Cl)cc2)c1C. The van der Waals surface area contributed by atoms with Gasteiger partial charge in [-0.2, -0.15) is 0 Å². The summed E-state index contributed by atoms with van der Waals surface area (Å²) in [7, 11) is 5.00. The second-order valence-electron chi connectivity index (χ2n) is 7.96. The number of carbonyl (C=O) groups excluding carboxylic acids is 3. The van der Waals surface area contributed by atoms with Crippen LogP contribution in [0.4, 0.5) is 0 Å². The highest BCUT2D eigenvalue weighted by Gasteiger charge is 2.46. The summed E-state index contributed by atoms with van der Waals surface area (Å²) in [6.45, 7) is 4.14. The van der Waals surface area contributed by atoms with Gasteiger partial charge in [-0.05, 0) is 51.2 Å². The minimum atomic E-state index is -0.789. The van der Waals surface area contributed by atoms with E-state index in [9.17, 15) is 19.5 Å². The number of benzene rings is 1. The van der Waals surface area contributed by atoms with Gasteiger partial charge in [0.15, 0.2) is 0 Å². The van der Waals surface area contributed by atoms with Crippen LogP contribution in [0.3, 0.4) is 0 Å². The molecule has 0 saturated carbocycles. The number of rotatable bonds is 6. The molecule has 0 radical (unpaired) electrons. The summed E-state index contributed by atoms with van der Waals surface area (Å²) < 4.78 is 4.79. The lowest BCUT2D eigenvalue weighted by Crippen LogP contribution is -2.35. The quantitative estimate of drug-likeness (QED) is 0.298. The predicted molar refractivity (Wildman–Crippen MR) is 121 cm³/mol. The van der Waals surface area contributed by atoms with E-state index in [0.717, 1.165) is 0 Å². The molecule has 1 saturated heterocycles. The number of H-pyrrole nitrogens is 1. The van der Waals surface area contributed by atoms with Gasteiger partial charge in [-0.1, -0.05) is 23.7 Å². The number of likely N-dealkylation sites (N-methyl/N-ethyl adjacent to an activating group) is 1. The van der Waals surface area contributed by atoms with Crippen molar-refractivity contribution in [2.75, 3.05) is 34.3 Å². The molecule has 2 aromatic rings. The zero-order valence-corrected chi connectivity index (χ0v) is 19.4. The Balaban J connectivity index is 2.21. The second kappa shape index (κ2) is 9.18. The Morgan fingerprint density at radius 2 is 1.84 bits per heavy atom. The standard InChI is InChI=1S/C23H26ClN3O5/c1-12-16(13(2)25-18(12)23(31)32-5)20(28)17-19(14-6-8-15(24)9-7-14)27(11-10-26(3)4)22(30)21(17)29/h6-9,19,25,28H,10-11H2,1-5H3/b20-17+/t19-/m0/s1. The zero-order valence-electron chi connectivity index (χ0n) is 18.7. The first-order chi connectivity index (χ1) is 15.1. The van der Waals surface area contributed by atoms with Crippen LogP contribution >= 0.6 is 11.6 Å².